The van der Waals surface area contributed by atoms with Crippen LogP contribution < -0.4 is 0 Å². The van der Waals surface area contributed by atoms with E-state index in [0.717, 1.165) is 0 Å². The molecule has 0 bridgehead atoms. The zero-order chi connectivity index (χ0) is 14.7. The predicted octanol–water partition coefficient (Wildman–Crippen LogP) is -1.06. The largest absolute Gasteiger partial charge is 0.505 e. The third-order valence-corrected chi connectivity index (χ3v) is 3.16. The fraction of sp³-hybridized carbons (Fsp3) is 0.750. The van der Waals surface area contributed by atoms with Crippen LogP contribution in [0.1, 0.15) is 19.3 Å². The van der Waals surface area contributed by atoms with Crippen molar-refractivity contribution in [2.45, 2.75) is 43.9 Å². The van der Waals surface area contributed by atoms with Gasteiger partial charge in [0.15, 0.2) is 11.9 Å². The second-order valence-electron chi connectivity index (χ2n) is 4.73. The van der Waals surface area contributed by atoms with Gasteiger partial charge in [0.25, 0.3) is 0 Å². The Labute approximate surface area is 115 Å². The summed E-state index contributed by atoms with van der Waals surface area (Å²) in [5.74, 6) is -1.61. The molecule has 0 radical (unpaired) electrons. The minimum Gasteiger partial charge on any atom is -0.505 e. The van der Waals surface area contributed by atoms with Crippen molar-refractivity contribution >= 4 is 5.97 Å². The van der Waals surface area contributed by atoms with Crippen LogP contribution >= 0.6 is 0 Å². The standard InChI is InChI=1S/C12H18O8/c13-2-1-8-10(16)11(12(17)19-8)20-9-4-6(15)3-7(5-14)18-9/h6-9,13-16H,1-5H2. The Morgan fingerprint density at radius 1 is 1.30 bits per heavy atom. The van der Waals surface area contributed by atoms with E-state index in [9.17, 15) is 15.0 Å². The molecular formula is C12H18O8. The number of cyclic esters (lactones) is 1. The monoisotopic (exact) mass is 290 g/mol. The SMILES string of the molecule is O=C1OC(CCO)C(O)=C1OC1CC(O)CC(CO)O1. The first kappa shape index (κ1) is 15.0. The van der Waals surface area contributed by atoms with E-state index < -0.39 is 36.3 Å². The smallest absolute Gasteiger partial charge is 0.378 e. The third-order valence-electron chi connectivity index (χ3n) is 3.16. The highest BCUT2D eigenvalue weighted by atomic mass is 16.7. The van der Waals surface area contributed by atoms with E-state index in [1.165, 1.54) is 0 Å². The van der Waals surface area contributed by atoms with Crippen molar-refractivity contribution in [1.29, 1.82) is 0 Å². The summed E-state index contributed by atoms with van der Waals surface area (Å²) < 4.78 is 15.4. The highest BCUT2D eigenvalue weighted by molar-refractivity contribution is 5.89. The lowest BCUT2D eigenvalue weighted by Crippen LogP contribution is -2.39. The van der Waals surface area contributed by atoms with Gasteiger partial charge >= 0.3 is 5.97 Å². The zero-order valence-electron chi connectivity index (χ0n) is 10.8. The van der Waals surface area contributed by atoms with Crippen molar-refractivity contribution in [2.24, 2.45) is 0 Å². The second kappa shape index (κ2) is 6.40. The van der Waals surface area contributed by atoms with E-state index in [0.29, 0.717) is 0 Å². The minimum atomic E-state index is -0.950. The summed E-state index contributed by atoms with van der Waals surface area (Å²) in [5, 5.41) is 37.2. The molecule has 114 valence electrons. The van der Waals surface area contributed by atoms with Gasteiger partial charge < -0.3 is 34.6 Å². The molecule has 1 fully saturated rings. The van der Waals surface area contributed by atoms with Gasteiger partial charge in [0.05, 0.1) is 18.8 Å². The van der Waals surface area contributed by atoms with Gasteiger partial charge in [0.2, 0.25) is 12.0 Å². The summed E-state index contributed by atoms with van der Waals surface area (Å²) in [7, 11) is 0. The average Bonchev–Trinajstić information content (AvgIpc) is 2.66. The van der Waals surface area contributed by atoms with Gasteiger partial charge in [-0.2, -0.15) is 0 Å². The van der Waals surface area contributed by atoms with Crippen LogP contribution in [0, 0.1) is 0 Å². The van der Waals surface area contributed by atoms with Gasteiger partial charge in [-0.15, -0.1) is 0 Å². The van der Waals surface area contributed by atoms with E-state index in [1.807, 2.05) is 0 Å². The highest BCUT2D eigenvalue weighted by Gasteiger charge is 2.39. The minimum absolute atomic E-state index is 0.0673. The number of esters is 1. The number of carbonyl (C=O) groups is 1. The molecule has 2 heterocycles. The Hall–Kier alpha value is -1.35. The number of ether oxygens (including phenoxy) is 3. The van der Waals surface area contributed by atoms with E-state index in [4.69, 9.17) is 24.4 Å². The molecular weight excluding hydrogens is 272 g/mol. The molecule has 0 spiro atoms. The molecule has 4 N–H and O–H groups in total. The van der Waals surface area contributed by atoms with Crippen LogP contribution in [0.15, 0.2) is 11.5 Å². The number of aliphatic hydroxyl groups is 4. The third kappa shape index (κ3) is 3.21. The average molecular weight is 290 g/mol. The fourth-order valence-corrected chi connectivity index (χ4v) is 2.18. The lowest BCUT2D eigenvalue weighted by molar-refractivity contribution is -0.209. The van der Waals surface area contributed by atoms with E-state index in [1.54, 1.807) is 0 Å². The lowest BCUT2D eigenvalue weighted by Gasteiger charge is -2.31. The number of hydrogen-bond donors (Lipinski definition) is 4. The Morgan fingerprint density at radius 2 is 2.05 bits per heavy atom. The molecule has 2 rings (SSSR count). The van der Waals surface area contributed by atoms with E-state index in [-0.39, 0.29) is 38.2 Å². The summed E-state index contributed by atoms with van der Waals surface area (Å²) in [6.07, 6.45) is -2.73. The zero-order valence-corrected chi connectivity index (χ0v) is 10.8. The second-order valence-corrected chi connectivity index (χ2v) is 4.73. The fourth-order valence-electron chi connectivity index (χ4n) is 2.18. The van der Waals surface area contributed by atoms with Gasteiger partial charge in [0.1, 0.15) is 0 Å². The summed E-state index contributed by atoms with van der Waals surface area (Å²) in [6, 6.07) is 0. The Morgan fingerprint density at radius 3 is 2.70 bits per heavy atom. The molecule has 0 amide bonds. The maximum Gasteiger partial charge on any atom is 0.378 e. The van der Waals surface area contributed by atoms with Crippen molar-refractivity contribution in [2.75, 3.05) is 13.2 Å². The highest BCUT2D eigenvalue weighted by Crippen LogP contribution is 2.28. The number of aliphatic hydroxyl groups excluding tert-OH is 4. The van der Waals surface area contributed by atoms with Gasteiger partial charge in [-0.1, -0.05) is 0 Å². The molecule has 0 saturated carbocycles. The molecule has 20 heavy (non-hydrogen) atoms. The van der Waals surface area contributed by atoms with Crippen LogP contribution in [0.5, 0.6) is 0 Å². The number of hydrogen-bond acceptors (Lipinski definition) is 8. The van der Waals surface area contributed by atoms with Crippen LogP contribution in [-0.2, 0) is 19.0 Å². The van der Waals surface area contributed by atoms with Crippen LogP contribution in [0.2, 0.25) is 0 Å². The summed E-state index contributed by atoms with van der Waals surface area (Å²) in [5.41, 5.74) is 0. The lowest BCUT2D eigenvalue weighted by atomic mass is 10.1. The first-order valence-corrected chi connectivity index (χ1v) is 6.41. The van der Waals surface area contributed by atoms with Gasteiger partial charge in [0, 0.05) is 25.9 Å². The van der Waals surface area contributed by atoms with Crippen LogP contribution in [0.3, 0.4) is 0 Å². The summed E-state index contributed by atoms with van der Waals surface area (Å²) in [6.45, 7) is -0.528. The molecule has 4 unspecified atom stereocenters. The molecule has 2 aliphatic heterocycles. The normalized spacial score (nSPS) is 34.2. The Kier molecular flexibility index (Phi) is 4.81. The number of rotatable bonds is 5. The molecule has 2 aliphatic rings. The predicted molar refractivity (Wildman–Crippen MR) is 63.3 cm³/mol. The Bertz CT molecular complexity index is 393. The van der Waals surface area contributed by atoms with E-state index in [2.05, 4.69) is 0 Å². The summed E-state index contributed by atoms with van der Waals surface area (Å²) in [4.78, 5) is 11.6. The molecule has 1 saturated heterocycles. The van der Waals surface area contributed by atoms with E-state index >= 15 is 0 Å². The van der Waals surface area contributed by atoms with Crippen molar-refractivity contribution in [3.63, 3.8) is 0 Å². The van der Waals surface area contributed by atoms with Crippen LogP contribution in [-0.4, -0.2) is 64.2 Å². The summed E-state index contributed by atoms with van der Waals surface area (Å²) >= 11 is 0. The maximum absolute atomic E-state index is 11.6. The first-order valence-electron chi connectivity index (χ1n) is 6.41. The quantitative estimate of drug-likeness (QED) is 0.472. The molecule has 0 aliphatic carbocycles. The number of carbonyl (C=O) groups excluding carboxylic acids is 1. The van der Waals surface area contributed by atoms with Crippen molar-refractivity contribution in [3.05, 3.63) is 11.5 Å². The molecule has 0 aromatic heterocycles. The maximum atomic E-state index is 11.6. The van der Waals surface area contributed by atoms with Gasteiger partial charge in [-0.25, -0.2) is 4.79 Å². The first-order chi connectivity index (χ1) is 9.55. The van der Waals surface area contributed by atoms with Crippen molar-refractivity contribution in [1.82, 2.24) is 0 Å². The topological polar surface area (TPSA) is 126 Å². The van der Waals surface area contributed by atoms with Crippen LogP contribution in [0.4, 0.5) is 0 Å². The van der Waals surface area contributed by atoms with Gasteiger partial charge in [-0.05, 0) is 0 Å². The molecule has 8 heteroatoms. The van der Waals surface area contributed by atoms with Crippen molar-refractivity contribution in [3.8, 4) is 0 Å². The Balaban J connectivity index is 2.02. The molecule has 0 aromatic rings. The van der Waals surface area contributed by atoms with Crippen molar-refractivity contribution < 1.29 is 39.4 Å². The molecule has 8 nitrogen and oxygen atoms in total. The van der Waals surface area contributed by atoms with Crippen LogP contribution in [0.25, 0.3) is 0 Å². The molecule has 0 aromatic carbocycles. The van der Waals surface area contributed by atoms with Gasteiger partial charge in [-0.3, -0.25) is 0 Å². The molecule has 4 atom stereocenters.